The molecule has 2 aromatic rings. The molecule has 1 fully saturated rings. The summed E-state index contributed by atoms with van der Waals surface area (Å²) in [7, 11) is 0. The highest BCUT2D eigenvalue weighted by molar-refractivity contribution is 6.07. The van der Waals surface area contributed by atoms with Crippen molar-refractivity contribution in [3.05, 3.63) is 36.0 Å². The molecule has 6 heteroatoms. The smallest absolute Gasteiger partial charge is 0.305 e. The van der Waals surface area contributed by atoms with Crippen LogP contribution in [0.25, 0.3) is 10.9 Å². The van der Waals surface area contributed by atoms with Crippen LogP contribution in [0.1, 0.15) is 36.0 Å². The van der Waals surface area contributed by atoms with Crippen LogP contribution in [-0.2, 0) is 11.3 Å². The number of aromatic nitrogens is 1. The summed E-state index contributed by atoms with van der Waals surface area (Å²) in [6.45, 7) is 3.22. The highest BCUT2D eigenvalue weighted by atomic mass is 16.4. The van der Waals surface area contributed by atoms with Gasteiger partial charge in [-0.2, -0.15) is 0 Å². The predicted molar refractivity (Wildman–Crippen MR) is 96.7 cm³/mol. The molecule has 3 rings (SSSR count). The van der Waals surface area contributed by atoms with Crippen LogP contribution in [0, 0.1) is 5.92 Å². The van der Waals surface area contributed by atoms with E-state index in [0.29, 0.717) is 5.56 Å². The van der Waals surface area contributed by atoms with E-state index in [1.165, 1.54) is 12.8 Å². The van der Waals surface area contributed by atoms with E-state index >= 15 is 0 Å². The van der Waals surface area contributed by atoms with Gasteiger partial charge in [0.05, 0.1) is 12.0 Å². The molecule has 0 atom stereocenters. The molecule has 0 unspecified atom stereocenters. The van der Waals surface area contributed by atoms with Crippen LogP contribution in [0.2, 0.25) is 0 Å². The summed E-state index contributed by atoms with van der Waals surface area (Å²) in [6, 6.07) is 7.89. The van der Waals surface area contributed by atoms with Gasteiger partial charge in [0.1, 0.15) is 0 Å². The summed E-state index contributed by atoms with van der Waals surface area (Å²) in [5, 5.41) is 15.7. The normalized spacial score (nSPS) is 15.4. The molecule has 134 valence electrons. The van der Waals surface area contributed by atoms with Gasteiger partial charge in [0.2, 0.25) is 0 Å². The van der Waals surface area contributed by atoms with Crippen LogP contribution in [-0.4, -0.2) is 41.2 Å². The van der Waals surface area contributed by atoms with Gasteiger partial charge >= 0.3 is 5.97 Å². The summed E-state index contributed by atoms with van der Waals surface area (Å²) in [5.41, 5.74) is 1.67. The average molecular weight is 343 g/mol. The Bertz CT molecular complexity index is 747. The Morgan fingerprint density at radius 2 is 2.00 bits per heavy atom. The summed E-state index contributed by atoms with van der Waals surface area (Å²) >= 11 is 0. The molecule has 3 N–H and O–H groups in total. The number of para-hydroxylation sites is 1. The molecule has 0 radical (unpaired) electrons. The SMILES string of the molecule is O=C(O)CCNC(=O)c1cn(CCC2CCNCC2)c2ccccc12. The lowest BCUT2D eigenvalue weighted by Gasteiger charge is -2.22. The second kappa shape index (κ2) is 8.16. The van der Waals surface area contributed by atoms with E-state index in [9.17, 15) is 9.59 Å². The highest BCUT2D eigenvalue weighted by Crippen LogP contribution is 2.24. The number of carboxylic acid groups (broad SMARTS) is 1. The molecule has 1 amide bonds. The van der Waals surface area contributed by atoms with Gasteiger partial charge in [-0.05, 0) is 44.3 Å². The molecule has 1 saturated heterocycles. The second-order valence-electron chi connectivity index (χ2n) is 6.64. The first-order valence-electron chi connectivity index (χ1n) is 8.93. The number of carbonyl (C=O) groups excluding carboxylic acids is 1. The molecule has 1 aromatic carbocycles. The standard InChI is InChI=1S/C19H25N3O3/c23-18(24)7-11-21-19(25)16-13-22(17-4-2-1-3-15(16)17)12-8-14-5-9-20-10-6-14/h1-4,13-14,20H,5-12H2,(H,21,25)(H,23,24). The number of nitrogens with zero attached hydrogens (tertiary/aromatic N) is 1. The Morgan fingerprint density at radius 1 is 1.24 bits per heavy atom. The third-order valence-corrected chi connectivity index (χ3v) is 4.89. The van der Waals surface area contributed by atoms with Crippen LogP contribution in [0.15, 0.2) is 30.5 Å². The number of carbonyl (C=O) groups is 2. The molecule has 1 aliphatic rings. The maximum atomic E-state index is 12.4. The Morgan fingerprint density at radius 3 is 2.76 bits per heavy atom. The lowest BCUT2D eigenvalue weighted by molar-refractivity contribution is -0.136. The fourth-order valence-electron chi connectivity index (χ4n) is 3.48. The fourth-order valence-corrected chi connectivity index (χ4v) is 3.48. The van der Waals surface area contributed by atoms with Crippen molar-refractivity contribution in [2.75, 3.05) is 19.6 Å². The zero-order valence-corrected chi connectivity index (χ0v) is 14.3. The van der Waals surface area contributed by atoms with Crippen LogP contribution in [0.5, 0.6) is 0 Å². The number of amides is 1. The Balaban J connectivity index is 1.73. The van der Waals surface area contributed by atoms with E-state index < -0.39 is 5.97 Å². The molecule has 0 saturated carbocycles. The number of aliphatic carboxylic acids is 1. The summed E-state index contributed by atoms with van der Waals surface area (Å²) in [4.78, 5) is 23.0. The molecule has 2 heterocycles. The first kappa shape index (κ1) is 17.5. The van der Waals surface area contributed by atoms with Crippen molar-refractivity contribution in [3.8, 4) is 0 Å². The Kier molecular flexibility index (Phi) is 5.71. The number of aryl methyl sites for hydroxylation is 1. The molecule has 1 aromatic heterocycles. The number of hydrogen-bond donors (Lipinski definition) is 3. The zero-order chi connectivity index (χ0) is 17.6. The van der Waals surface area contributed by atoms with Crippen molar-refractivity contribution < 1.29 is 14.7 Å². The van der Waals surface area contributed by atoms with Crippen LogP contribution >= 0.6 is 0 Å². The maximum Gasteiger partial charge on any atom is 0.305 e. The minimum absolute atomic E-state index is 0.0693. The van der Waals surface area contributed by atoms with Crippen LogP contribution in [0.4, 0.5) is 0 Å². The van der Waals surface area contributed by atoms with E-state index in [-0.39, 0.29) is 18.9 Å². The second-order valence-corrected chi connectivity index (χ2v) is 6.64. The van der Waals surface area contributed by atoms with Gasteiger partial charge in [-0.1, -0.05) is 18.2 Å². The molecule has 0 aliphatic carbocycles. The zero-order valence-electron chi connectivity index (χ0n) is 14.3. The largest absolute Gasteiger partial charge is 0.481 e. The molecular weight excluding hydrogens is 318 g/mol. The van der Waals surface area contributed by atoms with E-state index in [2.05, 4.69) is 15.2 Å². The van der Waals surface area contributed by atoms with E-state index in [0.717, 1.165) is 42.9 Å². The van der Waals surface area contributed by atoms with Crippen molar-refractivity contribution in [2.45, 2.75) is 32.2 Å². The predicted octanol–water partition coefficient (Wildman–Crippen LogP) is 2.24. The van der Waals surface area contributed by atoms with Gasteiger partial charge in [0.25, 0.3) is 5.91 Å². The lowest BCUT2D eigenvalue weighted by atomic mass is 9.95. The molecule has 0 bridgehead atoms. The van der Waals surface area contributed by atoms with Crippen molar-refractivity contribution in [2.24, 2.45) is 5.92 Å². The maximum absolute atomic E-state index is 12.4. The Hall–Kier alpha value is -2.34. The number of rotatable bonds is 7. The molecule has 25 heavy (non-hydrogen) atoms. The first-order chi connectivity index (χ1) is 12.1. The van der Waals surface area contributed by atoms with Crippen LogP contribution in [0.3, 0.4) is 0 Å². The molecule has 1 aliphatic heterocycles. The van der Waals surface area contributed by atoms with Crippen LogP contribution < -0.4 is 10.6 Å². The molecule has 6 nitrogen and oxygen atoms in total. The van der Waals surface area contributed by atoms with Crippen molar-refractivity contribution in [3.63, 3.8) is 0 Å². The van der Waals surface area contributed by atoms with Gasteiger partial charge in [0.15, 0.2) is 0 Å². The topological polar surface area (TPSA) is 83.4 Å². The molecule has 0 spiro atoms. The number of carboxylic acids is 1. The monoisotopic (exact) mass is 343 g/mol. The third kappa shape index (κ3) is 4.39. The lowest BCUT2D eigenvalue weighted by Crippen LogP contribution is -2.28. The fraction of sp³-hybridized carbons (Fsp3) is 0.474. The quantitative estimate of drug-likeness (QED) is 0.720. The van der Waals surface area contributed by atoms with Gasteiger partial charge in [-0.3, -0.25) is 9.59 Å². The van der Waals surface area contributed by atoms with Crippen molar-refractivity contribution in [1.82, 2.24) is 15.2 Å². The van der Waals surface area contributed by atoms with Gasteiger partial charge in [0, 0.05) is 30.2 Å². The number of benzene rings is 1. The van der Waals surface area contributed by atoms with Gasteiger partial charge < -0.3 is 20.3 Å². The van der Waals surface area contributed by atoms with E-state index in [1.807, 2.05) is 30.5 Å². The van der Waals surface area contributed by atoms with Crippen molar-refractivity contribution in [1.29, 1.82) is 0 Å². The van der Waals surface area contributed by atoms with Crippen molar-refractivity contribution >= 4 is 22.8 Å². The summed E-state index contributed by atoms with van der Waals surface area (Å²) in [5.74, 6) is -0.391. The average Bonchev–Trinajstić information content (AvgIpc) is 2.99. The summed E-state index contributed by atoms with van der Waals surface area (Å²) < 4.78 is 2.16. The minimum Gasteiger partial charge on any atom is -0.481 e. The van der Waals surface area contributed by atoms with Gasteiger partial charge in [-0.15, -0.1) is 0 Å². The minimum atomic E-state index is -0.912. The third-order valence-electron chi connectivity index (χ3n) is 4.89. The number of piperidine rings is 1. The number of nitrogens with one attached hydrogen (secondary N) is 2. The number of hydrogen-bond acceptors (Lipinski definition) is 3. The van der Waals surface area contributed by atoms with Gasteiger partial charge in [-0.25, -0.2) is 0 Å². The Labute approximate surface area is 147 Å². The van der Waals surface area contributed by atoms with E-state index in [1.54, 1.807) is 0 Å². The highest BCUT2D eigenvalue weighted by Gasteiger charge is 2.17. The first-order valence-corrected chi connectivity index (χ1v) is 8.93. The number of fused-ring (bicyclic) bond motifs is 1. The molecular formula is C19H25N3O3. The van der Waals surface area contributed by atoms with E-state index in [4.69, 9.17) is 5.11 Å². The summed E-state index contributed by atoms with van der Waals surface area (Å²) in [6.07, 6.45) is 5.37.